The summed E-state index contributed by atoms with van der Waals surface area (Å²) in [6, 6.07) is 13.1. The number of benzene rings is 2. The SMILES string of the molecule is COc1cc(C(=O)Nc2cnn(CCN(C)C)c2)cc(OC)c1OCc1ccccc1. The number of amides is 1. The Morgan fingerprint density at radius 2 is 1.77 bits per heavy atom. The lowest BCUT2D eigenvalue weighted by atomic mass is 10.1. The van der Waals surface area contributed by atoms with Gasteiger partial charge < -0.3 is 24.4 Å². The third-order valence-electron chi connectivity index (χ3n) is 4.62. The first-order chi connectivity index (χ1) is 15.0. The molecule has 1 aromatic heterocycles. The average molecular weight is 425 g/mol. The van der Waals surface area contributed by atoms with Crippen molar-refractivity contribution in [2.75, 3.05) is 40.2 Å². The van der Waals surface area contributed by atoms with Crippen LogP contribution in [0.4, 0.5) is 5.69 Å². The normalized spacial score (nSPS) is 10.7. The van der Waals surface area contributed by atoms with Crippen LogP contribution in [0.3, 0.4) is 0 Å². The van der Waals surface area contributed by atoms with Crippen molar-refractivity contribution in [3.8, 4) is 17.2 Å². The summed E-state index contributed by atoms with van der Waals surface area (Å²) in [6.45, 7) is 1.94. The average Bonchev–Trinajstić information content (AvgIpc) is 3.23. The fourth-order valence-corrected chi connectivity index (χ4v) is 2.94. The number of likely N-dealkylation sites (N-methyl/N-ethyl adjacent to an activating group) is 1. The minimum atomic E-state index is -0.293. The minimum absolute atomic E-state index is 0.293. The Morgan fingerprint density at radius 3 is 2.39 bits per heavy atom. The number of rotatable bonds is 10. The van der Waals surface area contributed by atoms with Gasteiger partial charge in [-0.25, -0.2) is 0 Å². The van der Waals surface area contributed by atoms with Crippen LogP contribution in [0.25, 0.3) is 0 Å². The summed E-state index contributed by atoms with van der Waals surface area (Å²) < 4.78 is 18.7. The minimum Gasteiger partial charge on any atom is -0.493 e. The molecule has 3 rings (SSSR count). The van der Waals surface area contributed by atoms with Gasteiger partial charge in [-0.1, -0.05) is 30.3 Å². The molecule has 164 valence electrons. The predicted molar refractivity (Wildman–Crippen MR) is 119 cm³/mol. The van der Waals surface area contributed by atoms with Crippen LogP contribution in [0.5, 0.6) is 17.2 Å². The maximum absolute atomic E-state index is 12.8. The first-order valence-corrected chi connectivity index (χ1v) is 9.91. The summed E-state index contributed by atoms with van der Waals surface area (Å²) in [5.41, 5.74) is 2.02. The van der Waals surface area contributed by atoms with Gasteiger partial charge >= 0.3 is 0 Å². The van der Waals surface area contributed by atoms with Gasteiger partial charge in [0.05, 0.1) is 32.6 Å². The molecule has 0 aliphatic carbocycles. The molecule has 0 radical (unpaired) electrons. The molecule has 1 heterocycles. The van der Waals surface area contributed by atoms with Crippen molar-refractivity contribution < 1.29 is 19.0 Å². The standard InChI is InChI=1S/C23H28N4O4/c1-26(2)10-11-27-15-19(14-24-27)25-23(28)18-12-20(29-3)22(21(13-18)30-4)31-16-17-8-6-5-7-9-17/h5-9,12-15H,10-11,16H2,1-4H3,(H,25,28). The maximum Gasteiger partial charge on any atom is 0.256 e. The van der Waals surface area contributed by atoms with E-state index in [0.717, 1.165) is 18.7 Å². The molecule has 0 saturated heterocycles. The van der Waals surface area contributed by atoms with Crippen LogP contribution in [0, 0.1) is 0 Å². The lowest BCUT2D eigenvalue weighted by molar-refractivity contribution is 0.102. The third kappa shape index (κ3) is 5.99. The summed E-state index contributed by atoms with van der Waals surface area (Å²) >= 11 is 0. The summed E-state index contributed by atoms with van der Waals surface area (Å²) in [6.07, 6.45) is 3.42. The Morgan fingerprint density at radius 1 is 1.10 bits per heavy atom. The zero-order valence-corrected chi connectivity index (χ0v) is 18.3. The van der Waals surface area contributed by atoms with Gasteiger partial charge in [0.2, 0.25) is 5.75 Å². The number of anilines is 1. The number of aromatic nitrogens is 2. The van der Waals surface area contributed by atoms with Gasteiger partial charge in [-0.2, -0.15) is 5.10 Å². The highest BCUT2D eigenvalue weighted by Crippen LogP contribution is 2.39. The lowest BCUT2D eigenvalue weighted by Crippen LogP contribution is -2.18. The van der Waals surface area contributed by atoms with Gasteiger partial charge in [0.25, 0.3) is 5.91 Å². The molecule has 0 spiro atoms. The molecule has 3 aromatic rings. The smallest absolute Gasteiger partial charge is 0.256 e. The van der Waals surface area contributed by atoms with Crippen LogP contribution in [-0.2, 0) is 13.2 Å². The summed E-state index contributed by atoms with van der Waals surface area (Å²) in [7, 11) is 7.06. The number of nitrogens with zero attached hydrogens (tertiary/aromatic N) is 3. The quantitative estimate of drug-likeness (QED) is 0.538. The Balaban J connectivity index is 1.74. The number of carbonyl (C=O) groups excluding carboxylic acids is 1. The van der Waals surface area contributed by atoms with Crippen molar-refractivity contribution >= 4 is 11.6 Å². The fourth-order valence-electron chi connectivity index (χ4n) is 2.94. The molecule has 0 aliphatic rings. The Bertz CT molecular complexity index is 977. The topological polar surface area (TPSA) is 77.9 Å². The monoisotopic (exact) mass is 424 g/mol. The van der Waals surface area contributed by atoms with Gasteiger partial charge in [0.15, 0.2) is 11.5 Å². The highest BCUT2D eigenvalue weighted by atomic mass is 16.5. The highest BCUT2D eigenvalue weighted by molar-refractivity contribution is 6.05. The van der Waals surface area contributed by atoms with Crippen molar-refractivity contribution in [2.45, 2.75) is 13.2 Å². The van der Waals surface area contributed by atoms with Crippen molar-refractivity contribution in [1.82, 2.24) is 14.7 Å². The van der Waals surface area contributed by atoms with E-state index in [2.05, 4.69) is 15.3 Å². The van der Waals surface area contributed by atoms with E-state index in [1.165, 1.54) is 14.2 Å². The molecular formula is C23H28N4O4. The van der Waals surface area contributed by atoms with Gasteiger partial charge in [0, 0.05) is 18.3 Å². The zero-order valence-electron chi connectivity index (χ0n) is 18.3. The second-order valence-electron chi connectivity index (χ2n) is 7.23. The molecular weight excluding hydrogens is 396 g/mol. The molecule has 1 amide bonds. The van der Waals surface area contributed by atoms with Crippen LogP contribution in [0.15, 0.2) is 54.9 Å². The molecule has 31 heavy (non-hydrogen) atoms. The van der Waals surface area contributed by atoms with Crippen molar-refractivity contribution in [2.24, 2.45) is 0 Å². The largest absolute Gasteiger partial charge is 0.493 e. The Hall–Kier alpha value is -3.52. The van der Waals surface area contributed by atoms with E-state index in [9.17, 15) is 4.79 Å². The van der Waals surface area contributed by atoms with E-state index in [-0.39, 0.29) is 5.91 Å². The molecule has 2 aromatic carbocycles. The number of hydrogen-bond acceptors (Lipinski definition) is 6. The molecule has 0 fully saturated rings. The molecule has 0 unspecified atom stereocenters. The van der Waals surface area contributed by atoms with Crippen LogP contribution in [0.1, 0.15) is 15.9 Å². The van der Waals surface area contributed by atoms with Crippen molar-refractivity contribution in [3.63, 3.8) is 0 Å². The number of nitrogens with one attached hydrogen (secondary N) is 1. The van der Waals surface area contributed by atoms with Crippen LogP contribution < -0.4 is 19.5 Å². The molecule has 0 bridgehead atoms. The first-order valence-electron chi connectivity index (χ1n) is 9.91. The Kier molecular flexibility index (Phi) is 7.50. The Labute approximate surface area is 182 Å². The second-order valence-corrected chi connectivity index (χ2v) is 7.23. The van der Waals surface area contributed by atoms with Crippen molar-refractivity contribution in [3.05, 3.63) is 66.0 Å². The zero-order chi connectivity index (χ0) is 22.2. The summed E-state index contributed by atoms with van der Waals surface area (Å²) in [5, 5.41) is 7.13. The summed E-state index contributed by atoms with van der Waals surface area (Å²) in [4.78, 5) is 14.9. The first kappa shape index (κ1) is 22.2. The maximum atomic E-state index is 12.8. The van der Waals surface area contributed by atoms with Gasteiger partial charge in [0.1, 0.15) is 6.61 Å². The molecule has 1 N–H and O–H groups in total. The van der Waals surface area contributed by atoms with E-state index in [1.807, 2.05) is 44.4 Å². The fraction of sp³-hybridized carbons (Fsp3) is 0.304. The van der Waals surface area contributed by atoms with Gasteiger partial charge in [-0.05, 0) is 31.8 Å². The number of hydrogen-bond donors (Lipinski definition) is 1. The van der Waals surface area contributed by atoms with Crippen LogP contribution in [0.2, 0.25) is 0 Å². The van der Waals surface area contributed by atoms with E-state index >= 15 is 0 Å². The van der Waals surface area contributed by atoms with Crippen LogP contribution >= 0.6 is 0 Å². The molecule has 8 heteroatoms. The van der Waals surface area contributed by atoms with Gasteiger partial charge in [-0.15, -0.1) is 0 Å². The van der Waals surface area contributed by atoms with Crippen molar-refractivity contribution in [1.29, 1.82) is 0 Å². The lowest BCUT2D eigenvalue weighted by Gasteiger charge is -2.16. The van der Waals surface area contributed by atoms with E-state index in [4.69, 9.17) is 14.2 Å². The van der Waals surface area contributed by atoms with E-state index in [0.29, 0.717) is 35.1 Å². The molecule has 0 saturated carbocycles. The van der Waals surface area contributed by atoms with E-state index < -0.39 is 0 Å². The highest BCUT2D eigenvalue weighted by Gasteiger charge is 2.18. The second kappa shape index (κ2) is 10.5. The summed E-state index contributed by atoms with van der Waals surface area (Å²) in [5.74, 6) is 0.990. The number of carbonyl (C=O) groups is 1. The predicted octanol–water partition coefficient (Wildman–Crippen LogP) is 3.29. The van der Waals surface area contributed by atoms with E-state index in [1.54, 1.807) is 29.2 Å². The molecule has 0 atom stereocenters. The molecule has 0 aliphatic heterocycles. The third-order valence-corrected chi connectivity index (χ3v) is 4.62. The molecule has 8 nitrogen and oxygen atoms in total. The van der Waals surface area contributed by atoms with Gasteiger partial charge in [-0.3, -0.25) is 9.48 Å². The van der Waals surface area contributed by atoms with Crippen LogP contribution in [-0.4, -0.2) is 55.4 Å². The number of ether oxygens (including phenoxy) is 3. The number of methoxy groups -OCH3 is 2.